The number of amides is 1. The molecule has 2 aromatic rings. The van der Waals surface area contributed by atoms with Gasteiger partial charge in [0.05, 0.1) is 30.2 Å². The number of methoxy groups -OCH3 is 2. The Balaban J connectivity index is 2.40. The fourth-order valence-electron chi connectivity index (χ4n) is 2.88. The Morgan fingerprint density at radius 2 is 1.42 bits per heavy atom. The van der Waals surface area contributed by atoms with Crippen LogP contribution in [0.3, 0.4) is 0 Å². The topological polar surface area (TPSA) is 119 Å². The molecule has 31 heavy (non-hydrogen) atoms. The normalized spacial score (nSPS) is 11.1. The fraction of sp³-hybridized carbons (Fsp3) is 0.286. The van der Waals surface area contributed by atoms with Crippen LogP contribution < -0.4 is 5.32 Å². The number of benzene rings is 2. The van der Waals surface area contributed by atoms with Gasteiger partial charge in [-0.2, -0.15) is 4.31 Å². The Morgan fingerprint density at radius 1 is 0.871 bits per heavy atom. The molecule has 1 amide bonds. The lowest BCUT2D eigenvalue weighted by Gasteiger charge is -2.18. The first-order valence-electron chi connectivity index (χ1n) is 9.41. The highest BCUT2D eigenvalue weighted by Crippen LogP contribution is 2.20. The van der Waals surface area contributed by atoms with Crippen LogP contribution in [-0.2, 0) is 19.5 Å². The third-order valence-corrected chi connectivity index (χ3v) is 6.52. The molecule has 166 valence electrons. The number of rotatable bonds is 8. The summed E-state index contributed by atoms with van der Waals surface area (Å²) in [5, 5.41) is 2.57. The number of sulfonamides is 1. The van der Waals surface area contributed by atoms with E-state index in [1.807, 2.05) is 0 Å². The fourth-order valence-corrected chi connectivity index (χ4v) is 4.39. The Kier molecular flexibility index (Phi) is 7.89. The van der Waals surface area contributed by atoms with Crippen LogP contribution in [0.2, 0.25) is 0 Å². The third kappa shape index (κ3) is 5.47. The molecule has 9 nitrogen and oxygen atoms in total. The van der Waals surface area contributed by atoms with Crippen molar-refractivity contribution in [1.29, 1.82) is 0 Å². The predicted octanol–water partition coefficient (Wildman–Crippen LogP) is 2.54. The predicted molar refractivity (Wildman–Crippen MR) is 114 cm³/mol. The molecule has 0 unspecified atom stereocenters. The monoisotopic (exact) mass is 448 g/mol. The summed E-state index contributed by atoms with van der Waals surface area (Å²) in [6.07, 6.45) is 0. The van der Waals surface area contributed by atoms with E-state index in [2.05, 4.69) is 14.8 Å². The van der Waals surface area contributed by atoms with E-state index in [0.29, 0.717) is 13.1 Å². The second-order valence-electron chi connectivity index (χ2n) is 6.35. The average Bonchev–Trinajstić information content (AvgIpc) is 2.78. The molecule has 0 spiro atoms. The Hall–Kier alpha value is -3.24. The maximum absolute atomic E-state index is 12.8. The van der Waals surface area contributed by atoms with Gasteiger partial charge in [0.1, 0.15) is 0 Å². The number of carbonyl (C=O) groups is 3. The van der Waals surface area contributed by atoms with Gasteiger partial charge < -0.3 is 14.8 Å². The summed E-state index contributed by atoms with van der Waals surface area (Å²) in [5.74, 6) is -2.02. The minimum Gasteiger partial charge on any atom is -0.465 e. The van der Waals surface area contributed by atoms with Gasteiger partial charge in [0.15, 0.2) is 0 Å². The van der Waals surface area contributed by atoms with Crippen molar-refractivity contribution in [2.75, 3.05) is 32.6 Å². The van der Waals surface area contributed by atoms with Crippen LogP contribution in [0.1, 0.15) is 44.9 Å². The quantitative estimate of drug-likeness (QED) is 0.616. The summed E-state index contributed by atoms with van der Waals surface area (Å²) < 4.78 is 36.1. The largest absolute Gasteiger partial charge is 0.465 e. The zero-order valence-electron chi connectivity index (χ0n) is 17.7. The van der Waals surface area contributed by atoms with Crippen molar-refractivity contribution < 1.29 is 32.3 Å². The number of nitrogens with one attached hydrogen (secondary N) is 1. The number of anilines is 1. The lowest BCUT2D eigenvalue weighted by atomic mass is 10.1. The molecule has 1 N–H and O–H groups in total. The molecule has 0 aliphatic carbocycles. The number of hydrogen-bond acceptors (Lipinski definition) is 7. The van der Waals surface area contributed by atoms with E-state index in [1.54, 1.807) is 13.8 Å². The zero-order chi connectivity index (χ0) is 23.2. The van der Waals surface area contributed by atoms with Crippen molar-refractivity contribution >= 4 is 33.6 Å². The van der Waals surface area contributed by atoms with E-state index in [0.717, 1.165) is 0 Å². The smallest absolute Gasteiger partial charge is 0.337 e. The molecule has 0 saturated heterocycles. The summed E-state index contributed by atoms with van der Waals surface area (Å²) in [5.41, 5.74) is 0.318. The van der Waals surface area contributed by atoms with E-state index < -0.39 is 27.9 Å². The van der Waals surface area contributed by atoms with E-state index in [9.17, 15) is 22.8 Å². The number of carbonyl (C=O) groups excluding carboxylic acids is 3. The highest BCUT2D eigenvalue weighted by molar-refractivity contribution is 7.89. The van der Waals surface area contributed by atoms with E-state index >= 15 is 0 Å². The SMILES string of the molecule is CCN(CC)S(=O)(=O)c1cccc(C(=O)Nc2cc(C(=O)OC)cc(C(=O)OC)c2)c1. The maximum Gasteiger partial charge on any atom is 0.337 e. The van der Waals surface area contributed by atoms with Gasteiger partial charge in [-0.25, -0.2) is 18.0 Å². The lowest BCUT2D eigenvalue weighted by Crippen LogP contribution is -2.30. The van der Waals surface area contributed by atoms with Crippen molar-refractivity contribution in [2.24, 2.45) is 0 Å². The molecular formula is C21H24N2O7S. The molecule has 0 heterocycles. The second kappa shape index (κ2) is 10.2. The van der Waals surface area contributed by atoms with Crippen molar-refractivity contribution in [3.63, 3.8) is 0 Å². The average molecular weight is 448 g/mol. The van der Waals surface area contributed by atoms with E-state index in [1.165, 1.54) is 61.0 Å². The Morgan fingerprint density at radius 3 is 1.90 bits per heavy atom. The molecule has 10 heteroatoms. The van der Waals surface area contributed by atoms with Gasteiger partial charge in [0.25, 0.3) is 5.91 Å². The molecule has 0 atom stereocenters. The first kappa shape index (κ1) is 24.0. The molecule has 0 aromatic heterocycles. The van der Waals surface area contributed by atoms with Crippen LogP contribution >= 0.6 is 0 Å². The molecule has 0 bridgehead atoms. The number of esters is 2. The van der Waals surface area contributed by atoms with Crippen molar-refractivity contribution in [1.82, 2.24) is 4.31 Å². The van der Waals surface area contributed by atoms with Gasteiger partial charge in [-0.15, -0.1) is 0 Å². The summed E-state index contributed by atoms with van der Waals surface area (Å²) in [6, 6.07) is 9.58. The first-order valence-corrected chi connectivity index (χ1v) is 10.8. The van der Waals surface area contributed by atoms with Gasteiger partial charge >= 0.3 is 11.9 Å². The Bertz CT molecular complexity index is 1060. The molecule has 0 fully saturated rings. The molecule has 0 aliphatic rings. The van der Waals surface area contributed by atoms with Crippen LogP contribution in [0.5, 0.6) is 0 Å². The number of ether oxygens (including phenoxy) is 2. The summed E-state index contributed by atoms with van der Waals surface area (Å²) in [7, 11) is -1.37. The molecule has 0 saturated carbocycles. The molecular weight excluding hydrogens is 424 g/mol. The van der Waals surface area contributed by atoms with Crippen LogP contribution in [0, 0.1) is 0 Å². The third-order valence-electron chi connectivity index (χ3n) is 4.47. The van der Waals surface area contributed by atoms with Crippen molar-refractivity contribution in [3.8, 4) is 0 Å². The standard InChI is InChI=1S/C21H24N2O7S/c1-5-23(6-2)31(27,28)18-9-7-8-14(13-18)19(24)22-17-11-15(20(25)29-3)10-16(12-17)21(26)30-4/h7-13H,5-6H2,1-4H3,(H,22,24). The van der Waals surface area contributed by atoms with Crippen LogP contribution in [0.4, 0.5) is 5.69 Å². The highest BCUT2D eigenvalue weighted by atomic mass is 32.2. The molecule has 2 aromatic carbocycles. The van der Waals surface area contributed by atoms with Gasteiger partial charge in [-0.05, 0) is 36.4 Å². The van der Waals surface area contributed by atoms with Gasteiger partial charge in [0, 0.05) is 24.3 Å². The first-order chi connectivity index (χ1) is 14.7. The highest BCUT2D eigenvalue weighted by Gasteiger charge is 2.23. The number of nitrogens with zero attached hydrogens (tertiary/aromatic N) is 1. The van der Waals surface area contributed by atoms with Crippen LogP contribution in [-0.4, -0.2) is 57.9 Å². The van der Waals surface area contributed by atoms with Gasteiger partial charge in [-0.3, -0.25) is 4.79 Å². The van der Waals surface area contributed by atoms with Gasteiger partial charge in [-0.1, -0.05) is 19.9 Å². The van der Waals surface area contributed by atoms with Crippen molar-refractivity contribution in [3.05, 3.63) is 59.2 Å². The molecule has 2 rings (SSSR count). The molecule has 0 aliphatic heterocycles. The lowest BCUT2D eigenvalue weighted by molar-refractivity contribution is 0.0598. The minimum absolute atomic E-state index is 0.0117. The van der Waals surface area contributed by atoms with E-state index in [4.69, 9.17) is 0 Å². The van der Waals surface area contributed by atoms with Gasteiger partial charge in [0.2, 0.25) is 10.0 Å². The zero-order valence-corrected chi connectivity index (χ0v) is 18.5. The van der Waals surface area contributed by atoms with Crippen molar-refractivity contribution in [2.45, 2.75) is 18.7 Å². The van der Waals surface area contributed by atoms with Crippen LogP contribution in [0.15, 0.2) is 47.4 Å². The van der Waals surface area contributed by atoms with E-state index in [-0.39, 0.29) is 27.3 Å². The minimum atomic E-state index is -3.74. The van der Waals surface area contributed by atoms with Crippen LogP contribution in [0.25, 0.3) is 0 Å². The second-order valence-corrected chi connectivity index (χ2v) is 8.29. The summed E-state index contributed by atoms with van der Waals surface area (Å²) in [6.45, 7) is 4.05. The summed E-state index contributed by atoms with van der Waals surface area (Å²) in [4.78, 5) is 36.5. The Labute approximate surface area is 181 Å². The summed E-state index contributed by atoms with van der Waals surface area (Å²) >= 11 is 0. The maximum atomic E-state index is 12.8. The number of hydrogen-bond donors (Lipinski definition) is 1. The molecule has 0 radical (unpaired) electrons.